The van der Waals surface area contributed by atoms with Gasteiger partial charge in [-0.2, -0.15) is 0 Å². The molecule has 0 aromatic heterocycles. The molecule has 1 aromatic carbocycles. The van der Waals surface area contributed by atoms with E-state index in [0.29, 0.717) is 23.7 Å². The second-order valence-electron chi connectivity index (χ2n) is 7.28. The minimum atomic E-state index is -0.834. The molecule has 1 rings (SSSR count). The van der Waals surface area contributed by atoms with Crippen LogP contribution in [0.4, 0.5) is 0 Å². The first kappa shape index (κ1) is 18.4. The molecule has 0 saturated heterocycles. The Morgan fingerprint density at radius 1 is 1.10 bits per heavy atom. The summed E-state index contributed by atoms with van der Waals surface area (Å²) in [4.78, 5) is 0. The Morgan fingerprint density at radius 3 is 2.10 bits per heavy atom. The van der Waals surface area contributed by atoms with Gasteiger partial charge in [-0.15, -0.1) is 0 Å². The number of benzene rings is 1. The van der Waals surface area contributed by atoms with Gasteiger partial charge in [0.2, 0.25) is 0 Å². The van der Waals surface area contributed by atoms with Crippen LogP contribution in [-0.2, 0) is 15.8 Å². The highest BCUT2D eigenvalue weighted by atomic mass is 28.2. The van der Waals surface area contributed by atoms with Crippen molar-refractivity contribution in [2.45, 2.75) is 52.9 Å². The molecule has 0 radical (unpaired) electrons. The topological polar surface area (TPSA) is 38.7 Å². The number of hydrogen-bond acceptors (Lipinski definition) is 3. The lowest BCUT2D eigenvalue weighted by Gasteiger charge is -2.42. The molecule has 1 aromatic rings. The second kappa shape index (κ2) is 7.54. The van der Waals surface area contributed by atoms with Gasteiger partial charge in [0.25, 0.3) is 0 Å². The van der Waals surface area contributed by atoms with Crippen molar-refractivity contribution in [3.63, 3.8) is 0 Å². The van der Waals surface area contributed by atoms with Gasteiger partial charge in [-0.1, -0.05) is 51.1 Å². The minimum absolute atomic E-state index is 0.0139. The zero-order chi connectivity index (χ0) is 16.1. The molecule has 4 heteroatoms. The Hall–Kier alpha value is -0.683. The maximum absolute atomic E-state index is 10.5. The maximum Gasteiger partial charge on any atom is 0.146 e. The van der Waals surface area contributed by atoms with Crippen LogP contribution in [0.3, 0.4) is 0 Å². The summed E-state index contributed by atoms with van der Waals surface area (Å²) in [5.41, 5.74) is 0.285. The highest BCUT2D eigenvalue weighted by molar-refractivity contribution is 5.98. The molecule has 0 fully saturated rings. The predicted molar refractivity (Wildman–Crippen MR) is 90.2 cm³/mol. The molecule has 21 heavy (non-hydrogen) atoms. The van der Waals surface area contributed by atoms with Crippen molar-refractivity contribution in [1.82, 2.24) is 0 Å². The summed E-state index contributed by atoms with van der Waals surface area (Å²) in [5.74, 6) is -0.0567. The van der Waals surface area contributed by atoms with Crippen molar-refractivity contribution in [3.8, 4) is 0 Å². The van der Waals surface area contributed by atoms with E-state index >= 15 is 0 Å². The SMILES string of the molecule is CC(C)(C)C(O[SiH3])C(COCc1ccccc1)C(C)(C)O. The molecular formula is C17H30O3Si. The van der Waals surface area contributed by atoms with Crippen molar-refractivity contribution in [3.05, 3.63) is 35.9 Å². The Kier molecular flexibility index (Phi) is 6.59. The normalized spacial score (nSPS) is 15.9. The number of hydrogen-bond donors (Lipinski definition) is 1. The van der Waals surface area contributed by atoms with E-state index in [4.69, 9.17) is 9.16 Å². The fraction of sp³-hybridized carbons (Fsp3) is 0.647. The summed E-state index contributed by atoms with van der Waals surface area (Å²) < 4.78 is 11.7. The molecule has 0 amide bonds. The van der Waals surface area contributed by atoms with E-state index in [1.807, 2.05) is 44.2 Å². The highest BCUT2D eigenvalue weighted by Gasteiger charge is 2.40. The molecule has 0 aliphatic carbocycles. The molecule has 2 unspecified atom stereocenters. The van der Waals surface area contributed by atoms with Crippen molar-refractivity contribution >= 4 is 10.5 Å². The zero-order valence-electron chi connectivity index (χ0n) is 14.2. The quantitative estimate of drug-likeness (QED) is 0.786. The standard InChI is InChI=1S/C17H30O3Si/c1-16(2,3)15(20-21)14(17(4,5)18)12-19-11-13-9-7-6-8-10-13/h6-10,14-15,18H,11-12H2,1-5,21H3. The van der Waals surface area contributed by atoms with Gasteiger partial charge in [-0.25, -0.2) is 0 Å². The van der Waals surface area contributed by atoms with Gasteiger partial charge >= 0.3 is 0 Å². The van der Waals surface area contributed by atoms with Gasteiger partial charge in [0, 0.05) is 5.92 Å². The molecule has 3 nitrogen and oxygen atoms in total. The van der Waals surface area contributed by atoms with Crippen LogP contribution >= 0.6 is 0 Å². The van der Waals surface area contributed by atoms with Crippen molar-refractivity contribution < 1.29 is 14.3 Å². The molecule has 120 valence electrons. The molecule has 0 heterocycles. The lowest BCUT2D eigenvalue weighted by molar-refractivity contribution is -0.104. The first-order chi connectivity index (χ1) is 9.66. The van der Waals surface area contributed by atoms with E-state index in [0.717, 1.165) is 5.56 Å². The van der Waals surface area contributed by atoms with Gasteiger partial charge in [-0.05, 0) is 24.8 Å². The van der Waals surface area contributed by atoms with Crippen LogP contribution in [0.15, 0.2) is 30.3 Å². The molecule has 0 saturated carbocycles. The van der Waals surface area contributed by atoms with E-state index in [1.54, 1.807) is 0 Å². The van der Waals surface area contributed by atoms with E-state index in [-0.39, 0.29) is 17.4 Å². The summed E-state index contributed by atoms with van der Waals surface area (Å²) >= 11 is 0. The van der Waals surface area contributed by atoms with Crippen LogP contribution in [0.1, 0.15) is 40.2 Å². The van der Waals surface area contributed by atoms with Gasteiger partial charge in [0.15, 0.2) is 0 Å². The number of ether oxygens (including phenoxy) is 1. The molecule has 0 bridgehead atoms. The third-order valence-electron chi connectivity index (χ3n) is 3.79. The summed E-state index contributed by atoms with van der Waals surface area (Å²) in [6.45, 7) is 11.2. The summed E-state index contributed by atoms with van der Waals surface area (Å²) in [7, 11) is 0.652. The number of aliphatic hydroxyl groups is 1. The van der Waals surface area contributed by atoms with Crippen molar-refractivity contribution in [2.24, 2.45) is 11.3 Å². The zero-order valence-corrected chi connectivity index (χ0v) is 16.2. The predicted octanol–water partition coefficient (Wildman–Crippen LogP) is 2.30. The molecule has 0 spiro atoms. The summed E-state index contributed by atoms with van der Waals surface area (Å²) in [6.07, 6.45) is -0.0139. The average Bonchev–Trinajstić information content (AvgIpc) is 2.36. The summed E-state index contributed by atoms with van der Waals surface area (Å²) in [6, 6.07) is 10.1. The van der Waals surface area contributed by atoms with Gasteiger partial charge in [0.05, 0.1) is 24.9 Å². The van der Waals surface area contributed by atoms with Crippen LogP contribution in [0.5, 0.6) is 0 Å². The maximum atomic E-state index is 10.5. The van der Waals surface area contributed by atoms with Crippen LogP contribution in [-0.4, -0.2) is 33.9 Å². The first-order valence-electron chi connectivity index (χ1n) is 7.53. The first-order valence-corrected chi connectivity index (χ1v) is 8.34. The van der Waals surface area contributed by atoms with Gasteiger partial charge in [-0.3, -0.25) is 0 Å². The van der Waals surface area contributed by atoms with Crippen molar-refractivity contribution in [1.29, 1.82) is 0 Å². The minimum Gasteiger partial charge on any atom is -0.424 e. The van der Waals surface area contributed by atoms with E-state index in [9.17, 15) is 5.11 Å². The fourth-order valence-electron chi connectivity index (χ4n) is 2.66. The Bertz CT molecular complexity index is 406. The molecular weight excluding hydrogens is 280 g/mol. The Morgan fingerprint density at radius 2 is 1.67 bits per heavy atom. The lowest BCUT2D eigenvalue weighted by Crippen LogP contribution is -2.48. The Labute approximate surface area is 132 Å². The second-order valence-corrected chi connectivity index (χ2v) is 7.75. The van der Waals surface area contributed by atoms with Crippen LogP contribution < -0.4 is 0 Å². The third kappa shape index (κ3) is 5.91. The average molecular weight is 311 g/mol. The van der Waals surface area contributed by atoms with E-state index in [1.165, 1.54) is 0 Å². The Balaban J connectivity index is 2.71. The molecule has 1 N–H and O–H groups in total. The van der Waals surface area contributed by atoms with E-state index in [2.05, 4.69) is 20.8 Å². The smallest absolute Gasteiger partial charge is 0.146 e. The fourth-order valence-corrected chi connectivity index (χ4v) is 3.70. The lowest BCUT2D eigenvalue weighted by atomic mass is 9.75. The molecule has 0 aliphatic heterocycles. The largest absolute Gasteiger partial charge is 0.424 e. The highest BCUT2D eigenvalue weighted by Crippen LogP contribution is 2.34. The van der Waals surface area contributed by atoms with Gasteiger partial charge in [0.1, 0.15) is 10.5 Å². The number of rotatable bonds is 7. The van der Waals surface area contributed by atoms with Crippen molar-refractivity contribution in [2.75, 3.05) is 6.61 Å². The molecule has 2 atom stereocenters. The molecule has 0 aliphatic rings. The monoisotopic (exact) mass is 310 g/mol. The van der Waals surface area contributed by atoms with Crippen LogP contribution in [0.2, 0.25) is 0 Å². The van der Waals surface area contributed by atoms with Crippen LogP contribution in [0, 0.1) is 11.3 Å². The van der Waals surface area contributed by atoms with Crippen LogP contribution in [0.25, 0.3) is 0 Å². The summed E-state index contributed by atoms with van der Waals surface area (Å²) in [5, 5.41) is 10.5. The van der Waals surface area contributed by atoms with Gasteiger partial charge < -0.3 is 14.3 Å². The third-order valence-corrected chi connectivity index (χ3v) is 4.30. The van der Waals surface area contributed by atoms with E-state index < -0.39 is 5.60 Å².